The monoisotopic (exact) mass is 232 g/mol. The van der Waals surface area contributed by atoms with Crippen LogP contribution in [0.15, 0.2) is 26.0 Å². The van der Waals surface area contributed by atoms with E-state index < -0.39 is 11.6 Å². The Kier molecular flexibility index (Phi) is 2.65. The molecule has 0 aromatic carbocycles. The predicted molar refractivity (Wildman–Crippen MR) is 44.0 cm³/mol. The zero-order valence-corrected chi connectivity index (χ0v) is 7.75. The lowest BCUT2D eigenvalue weighted by atomic mass is 10.3. The van der Waals surface area contributed by atoms with Gasteiger partial charge in [0.25, 0.3) is 0 Å². The SMILES string of the molecule is COC(=O)c1coc(=O)c(Br)c1. The summed E-state index contributed by atoms with van der Waals surface area (Å²) in [6.45, 7) is 0. The van der Waals surface area contributed by atoms with Gasteiger partial charge >= 0.3 is 11.6 Å². The molecule has 0 amide bonds. The molecule has 1 aromatic heterocycles. The van der Waals surface area contributed by atoms with Gasteiger partial charge in [-0.25, -0.2) is 9.59 Å². The van der Waals surface area contributed by atoms with Crippen molar-refractivity contribution < 1.29 is 13.9 Å². The summed E-state index contributed by atoms with van der Waals surface area (Å²) < 4.78 is 9.12. The van der Waals surface area contributed by atoms with Crippen LogP contribution in [-0.4, -0.2) is 13.1 Å². The molecule has 0 radical (unpaired) electrons. The molecule has 0 fully saturated rings. The van der Waals surface area contributed by atoms with E-state index in [9.17, 15) is 9.59 Å². The Morgan fingerprint density at radius 3 is 2.83 bits per heavy atom. The van der Waals surface area contributed by atoms with Gasteiger partial charge in [0.15, 0.2) is 0 Å². The molecule has 0 bridgehead atoms. The summed E-state index contributed by atoms with van der Waals surface area (Å²) in [6.07, 6.45) is 1.05. The highest BCUT2D eigenvalue weighted by Gasteiger charge is 2.08. The fourth-order valence-corrected chi connectivity index (χ4v) is 0.968. The molecule has 5 heteroatoms. The first kappa shape index (κ1) is 8.99. The first-order chi connectivity index (χ1) is 5.65. The van der Waals surface area contributed by atoms with Crippen molar-refractivity contribution in [3.05, 3.63) is 32.8 Å². The van der Waals surface area contributed by atoms with Crippen molar-refractivity contribution in [3.63, 3.8) is 0 Å². The van der Waals surface area contributed by atoms with Crippen LogP contribution in [0.4, 0.5) is 0 Å². The molecule has 0 saturated heterocycles. The second-order valence-electron chi connectivity index (χ2n) is 1.96. The Hall–Kier alpha value is -1.10. The number of carbonyl (C=O) groups is 1. The molecule has 1 aromatic rings. The lowest BCUT2D eigenvalue weighted by Gasteiger charge is -1.96. The number of carbonyl (C=O) groups excluding carboxylic acids is 1. The van der Waals surface area contributed by atoms with Gasteiger partial charge in [0.2, 0.25) is 0 Å². The summed E-state index contributed by atoms with van der Waals surface area (Å²) in [5.41, 5.74) is -0.327. The molecule has 0 aliphatic rings. The Bertz CT molecular complexity index is 355. The van der Waals surface area contributed by atoms with Gasteiger partial charge in [0.1, 0.15) is 10.7 Å². The minimum Gasteiger partial charge on any atom is -0.465 e. The van der Waals surface area contributed by atoms with Gasteiger partial charge in [-0.05, 0) is 22.0 Å². The fourth-order valence-electron chi connectivity index (χ4n) is 0.628. The van der Waals surface area contributed by atoms with Gasteiger partial charge in [-0.1, -0.05) is 0 Å². The van der Waals surface area contributed by atoms with Crippen molar-refractivity contribution in [2.24, 2.45) is 0 Å². The van der Waals surface area contributed by atoms with E-state index in [0.29, 0.717) is 0 Å². The Morgan fingerprint density at radius 1 is 1.67 bits per heavy atom. The average Bonchev–Trinajstić information content (AvgIpc) is 2.08. The van der Waals surface area contributed by atoms with Gasteiger partial charge in [-0.2, -0.15) is 0 Å². The average molecular weight is 233 g/mol. The molecular formula is C7H5BrO4. The molecule has 4 nitrogen and oxygen atoms in total. The molecule has 64 valence electrons. The lowest BCUT2D eigenvalue weighted by molar-refractivity contribution is 0.0597. The van der Waals surface area contributed by atoms with Crippen LogP contribution in [0.5, 0.6) is 0 Å². The largest absolute Gasteiger partial charge is 0.465 e. The summed E-state index contributed by atoms with van der Waals surface area (Å²) in [5, 5.41) is 0. The first-order valence-corrected chi connectivity index (χ1v) is 3.81. The van der Waals surface area contributed by atoms with E-state index in [1.165, 1.54) is 13.2 Å². The van der Waals surface area contributed by atoms with Gasteiger partial charge in [-0.3, -0.25) is 0 Å². The minimum atomic E-state index is -0.542. The summed E-state index contributed by atoms with van der Waals surface area (Å²) in [7, 11) is 1.25. The highest BCUT2D eigenvalue weighted by Crippen LogP contribution is 2.07. The maximum Gasteiger partial charge on any atom is 0.350 e. The van der Waals surface area contributed by atoms with E-state index in [1.54, 1.807) is 0 Å². The van der Waals surface area contributed by atoms with Gasteiger partial charge in [0.05, 0.1) is 12.7 Å². The van der Waals surface area contributed by atoms with Crippen LogP contribution in [0.2, 0.25) is 0 Å². The number of hydrogen-bond acceptors (Lipinski definition) is 4. The van der Waals surface area contributed by atoms with E-state index in [-0.39, 0.29) is 10.0 Å². The van der Waals surface area contributed by atoms with Crippen molar-refractivity contribution in [3.8, 4) is 0 Å². The molecule has 1 rings (SSSR count). The van der Waals surface area contributed by atoms with Crippen molar-refractivity contribution in [2.75, 3.05) is 7.11 Å². The molecular weight excluding hydrogens is 228 g/mol. The maximum absolute atomic E-state index is 10.9. The standard InChI is InChI=1S/C7H5BrO4/c1-11-6(9)4-2-5(8)7(10)12-3-4/h2-3H,1H3. The van der Waals surface area contributed by atoms with E-state index in [2.05, 4.69) is 25.1 Å². The molecule has 1 heterocycles. The highest BCUT2D eigenvalue weighted by molar-refractivity contribution is 9.10. The number of halogens is 1. The van der Waals surface area contributed by atoms with Gasteiger partial charge in [-0.15, -0.1) is 0 Å². The molecule has 0 atom stereocenters. The van der Waals surface area contributed by atoms with Crippen LogP contribution < -0.4 is 5.63 Å². The molecule has 12 heavy (non-hydrogen) atoms. The Labute approximate surface area is 76.3 Å². The number of esters is 1. The van der Waals surface area contributed by atoms with E-state index in [1.807, 2.05) is 0 Å². The number of methoxy groups -OCH3 is 1. The van der Waals surface area contributed by atoms with Crippen LogP contribution in [0.3, 0.4) is 0 Å². The lowest BCUT2D eigenvalue weighted by Crippen LogP contribution is -2.05. The number of ether oxygens (including phenoxy) is 1. The highest BCUT2D eigenvalue weighted by atomic mass is 79.9. The first-order valence-electron chi connectivity index (χ1n) is 3.02. The molecule has 0 saturated carbocycles. The van der Waals surface area contributed by atoms with E-state index >= 15 is 0 Å². The summed E-state index contributed by atoms with van der Waals surface area (Å²) in [6, 6.07) is 1.34. The predicted octanol–water partition coefficient (Wildman–Crippen LogP) is 1.19. The van der Waals surface area contributed by atoms with E-state index in [4.69, 9.17) is 0 Å². The van der Waals surface area contributed by atoms with Crippen LogP contribution in [-0.2, 0) is 4.74 Å². The van der Waals surface area contributed by atoms with Crippen molar-refractivity contribution in [2.45, 2.75) is 0 Å². The van der Waals surface area contributed by atoms with Crippen LogP contribution in [0.25, 0.3) is 0 Å². The topological polar surface area (TPSA) is 56.5 Å². The zero-order chi connectivity index (χ0) is 9.14. The molecule has 0 spiro atoms. The third kappa shape index (κ3) is 1.73. The van der Waals surface area contributed by atoms with Gasteiger partial charge in [0, 0.05) is 0 Å². The fraction of sp³-hybridized carbons (Fsp3) is 0.143. The van der Waals surface area contributed by atoms with Gasteiger partial charge < -0.3 is 9.15 Å². The smallest absolute Gasteiger partial charge is 0.350 e. The minimum absolute atomic E-state index is 0.198. The second kappa shape index (κ2) is 3.53. The van der Waals surface area contributed by atoms with Crippen LogP contribution in [0, 0.1) is 0 Å². The third-order valence-electron chi connectivity index (χ3n) is 1.19. The summed E-state index contributed by atoms with van der Waals surface area (Å²) in [5.74, 6) is -0.542. The molecule has 0 N–H and O–H groups in total. The summed E-state index contributed by atoms with van der Waals surface area (Å²) >= 11 is 2.93. The molecule has 0 unspecified atom stereocenters. The Morgan fingerprint density at radius 2 is 2.33 bits per heavy atom. The van der Waals surface area contributed by atoms with Crippen LogP contribution >= 0.6 is 15.9 Å². The van der Waals surface area contributed by atoms with Crippen molar-refractivity contribution in [1.29, 1.82) is 0 Å². The third-order valence-corrected chi connectivity index (χ3v) is 1.74. The Balaban J connectivity index is 3.13. The van der Waals surface area contributed by atoms with Crippen molar-refractivity contribution >= 4 is 21.9 Å². The second-order valence-corrected chi connectivity index (χ2v) is 2.82. The molecule has 0 aliphatic heterocycles. The number of rotatable bonds is 1. The zero-order valence-electron chi connectivity index (χ0n) is 6.17. The van der Waals surface area contributed by atoms with Crippen molar-refractivity contribution in [1.82, 2.24) is 0 Å². The normalized spacial score (nSPS) is 9.50. The quantitative estimate of drug-likeness (QED) is 0.683. The van der Waals surface area contributed by atoms with Crippen LogP contribution in [0.1, 0.15) is 10.4 Å². The molecule has 0 aliphatic carbocycles. The number of hydrogen-bond donors (Lipinski definition) is 0. The summed E-state index contributed by atoms with van der Waals surface area (Å²) in [4.78, 5) is 21.6. The van der Waals surface area contributed by atoms with E-state index in [0.717, 1.165) is 6.26 Å². The maximum atomic E-state index is 10.9.